The van der Waals surface area contributed by atoms with E-state index in [4.69, 9.17) is 16.0 Å². The third-order valence-electron chi connectivity index (χ3n) is 4.76. The van der Waals surface area contributed by atoms with Gasteiger partial charge in [-0.05, 0) is 15.4 Å². The Bertz CT molecular complexity index is 772. The van der Waals surface area contributed by atoms with Crippen LogP contribution in [0.5, 0.6) is 0 Å². The predicted molar refractivity (Wildman–Crippen MR) is 121 cm³/mol. The molecule has 0 aliphatic rings. The maximum atomic E-state index is 8.84. The summed E-state index contributed by atoms with van der Waals surface area (Å²) in [4.78, 5) is 0. The van der Waals surface area contributed by atoms with Gasteiger partial charge < -0.3 is 9.53 Å². The minimum absolute atomic E-state index is 0.0292. The highest BCUT2D eigenvalue weighted by atomic mass is 28.4. The van der Waals surface area contributed by atoms with Crippen molar-refractivity contribution in [2.45, 2.75) is 38.3 Å². The molecule has 0 heterocycles. The summed E-state index contributed by atoms with van der Waals surface area (Å²) in [6, 6.07) is 21.0. The Hall–Kier alpha value is -2.38. The molecule has 2 aromatic carbocycles. The van der Waals surface area contributed by atoms with Crippen LogP contribution in [-0.2, 0) is 4.43 Å². The van der Waals surface area contributed by atoms with Crippen LogP contribution < -0.4 is 10.4 Å². The molecule has 0 bridgehead atoms. The van der Waals surface area contributed by atoms with Crippen molar-refractivity contribution in [3.8, 4) is 12.3 Å². The van der Waals surface area contributed by atoms with E-state index in [9.17, 15) is 0 Å². The van der Waals surface area contributed by atoms with E-state index in [2.05, 4.69) is 75.2 Å². The maximum Gasteiger partial charge on any atom is 0.262 e. The molecule has 0 unspecified atom stereocenters. The van der Waals surface area contributed by atoms with Gasteiger partial charge in [-0.2, -0.15) is 0 Å². The second-order valence-electron chi connectivity index (χ2n) is 7.71. The number of rotatable bonds is 8. The number of aliphatic hydroxyl groups is 1. The summed E-state index contributed by atoms with van der Waals surface area (Å²) in [5, 5.41) is 11.2. The molecule has 0 fully saturated rings. The second-order valence-corrected chi connectivity index (χ2v) is 12.0. The van der Waals surface area contributed by atoms with Crippen molar-refractivity contribution in [1.82, 2.24) is 0 Å². The first-order valence-corrected chi connectivity index (χ1v) is 11.5. The zero-order valence-electron chi connectivity index (χ0n) is 17.0. The molecular weight excluding hydrogens is 360 g/mol. The third kappa shape index (κ3) is 5.11. The molecule has 0 aromatic heterocycles. The number of allylic oxidation sites excluding steroid dienone is 2. The fourth-order valence-corrected chi connectivity index (χ4v) is 8.08. The van der Waals surface area contributed by atoms with Crippen molar-refractivity contribution < 1.29 is 9.53 Å². The van der Waals surface area contributed by atoms with E-state index >= 15 is 0 Å². The van der Waals surface area contributed by atoms with Crippen LogP contribution in [0.25, 0.3) is 0 Å². The number of benzene rings is 2. The molecule has 0 spiro atoms. The van der Waals surface area contributed by atoms with Gasteiger partial charge >= 0.3 is 0 Å². The second kappa shape index (κ2) is 10.2. The first-order chi connectivity index (χ1) is 13.5. The SMILES string of the molecule is C#C[C@H](C/C=C/C=C/CO)O[Si](c1ccccc1)(c1ccccc1)C(C)(C)C. The number of terminal acetylenes is 1. The van der Waals surface area contributed by atoms with Gasteiger partial charge in [0.25, 0.3) is 8.32 Å². The first kappa shape index (κ1) is 21.9. The van der Waals surface area contributed by atoms with Gasteiger partial charge in [0.05, 0.1) is 6.61 Å². The van der Waals surface area contributed by atoms with E-state index in [0.717, 1.165) is 0 Å². The molecule has 28 heavy (non-hydrogen) atoms. The molecule has 0 saturated heterocycles. The number of hydrogen-bond acceptors (Lipinski definition) is 2. The minimum atomic E-state index is -2.64. The van der Waals surface area contributed by atoms with Crippen molar-refractivity contribution in [2.24, 2.45) is 0 Å². The fraction of sp³-hybridized carbons (Fsp3) is 0.280. The van der Waals surface area contributed by atoms with E-state index in [1.54, 1.807) is 6.08 Å². The monoisotopic (exact) mass is 390 g/mol. The molecule has 2 rings (SSSR count). The summed E-state index contributed by atoms with van der Waals surface area (Å²) < 4.78 is 6.91. The Morgan fingerprint density at radius 1 is 0.964 bits per heavy atom. The summed E-state index contributed by atoms with van der Waals surface area (Å²) in [7, 11) is -2.64. The molecule has 146 valence electrons. The van der Waals surface area contributed by atoms with Crippen LogP contribution in [0, 0.1) is 12.3 Å². The van der Waals surface area contributed by atoms with Gasteiger partial charge in [-0.25, -0.2) is 0 Å². The van der Waals surface area contributed by atoms with Crippen molar-refractivity contribution in [1.29, 1.82) is 0 Å². The lowest BCUT2D eigenvalue weighted by atomic mass is 10.2. The average Bonchev–Trinajstić information content (AvgIpc) is 2.70. The normalized spacial score (nSPS) is 13.7. The zero-order valence-corrected chi connectivity index (χ0v) is 18.0. The Morgan fingerprint density at radius 3 is 1.89 bits per heavy atom. The lowest BCUT2D eigenvalue weighted by Crippen LogP contribution is -2.67. The van der Waals surface area contributed by atoms with Crippen molar-refractivity contribution in [2.75, 3.05) is 6.61 Å². The van der Waals surface area contributed by atoms with Crippen molar-refractivity contribution >= 4 is 18.7 Å². The van der Waals surface area contributed by atoms with Crippen LogP contribution in [0.15, 0.2) is 85.0 Å². The minimum Gasteiger partial charge on any atom is -0.394 e. The summed E-state index contributed by atoms with van der Waals surface area (Å²) in [6.45, 7) is 6.76. The van der Waals surface area contributed by atoms with Crippen LogP contribution >= 0.6 is 0 Å². The van der Waals surface area contributed by atoms with Gasteiger partial charge in [-0.3, -0.25) is 0 Å². The number of aliphatic hydroxyl groups excluding tert-OH is 1. The molecule has 2 aromatic rings. The molecule has 0 saturated carbocycles. The van der Waals surface area contributed by atoms with Gasteiger partial charge in [0.15, 0.2) is 0 Å². The molecule has 0 aliphatic carbocycles. The first-order valence-electron chi connectivity index (χ1n) is 9.63. The maximum absolute atomic E-state index is 8.84. The Balaban J connectivity index is 2.50. The van der Waals surface area contributed by atoms with Crippen LogP contribution in [-0.4, -0.2) is 26.1 Å². The van der Waals surface area contributed by atoms with Crippen molar-refractivity contribution in [3.63, 3.8) is 0 Å². The van der Waals surface area contributed by atoms with Gasteiger partial charge in [0.1, 0.15) is 6.10 Å². The van der Waals surface area contributed by atoms with E-state index in [-0.39, 0.29) is 17.7 Å². The standard InChI is InChI=1S/C25H30O2Si/c1-5-22(16-10-6-7-15-21-26)27-28(25(2,3)4,23-17-11-8-12-18-23)24-19-13-9-14-20-24/h1,6-15,17-20,22,26H,16,21H2,2-4H3/b10-6+,15-7+/t22-/m1/s1. The molecule has 1 N–H and O–H groups in total. The average molecular weight is 391 g/mol. The zero-order chi connectivity index (χ0) is 20.5. The quantitative estimate of drug-likeness (QED) is 0.418. The molecule has 0 amide bonds. The third-order valence-corrected chi connectivity index (χ3v) is 9.80. The lowest BCUT2D eigenvalue weighted by Gasteiger charge is -2.44. The van der Waals surface area contributed by atoms with Gasteiger partial charge in [0, 0.05) is 6.42 Å². The Labute approximate surface area is 170 Å². The lowest BCUT2D eigenvalue weighted by molar-refractivity contribution is 0.245. The highest BCUT2D eigenvalue weighted by molar-refractivity contribution is 6.99. The van der Waals surface area contributed by atoms with Crippen LogP contribution in [0.4, 0.5) is 0 Å². The molecule has 3 heteroatoms. The Morgan fingerprint density at radius 2 is 1.46 bits per heavy atom. The summed E-state index contributed by atoms with van der Waals surface area (Å²) in [5.41, 5.74) is 0. The van der Waals surface area contributed by atoms with Crippen LogP contribution in [0.2, 0.25) is 5.04 Å². The van der Waals surface area contributed by atoms with Crippen LogP contribution in [0.3, 0.4) is 0 Å². The summed E-state index contributed by atoms with van der Waals surface area (Å²) in [5.74, 6) is 2.85. The largest absolute Gasteiger partial charge is 0.394 e. The summed E-state index contributed by atoms with van der Waals surface area (Å²) in [6.07, 6.45) is 13.6. The highest BCUT2D eigenvalue weighted by Gasteiger charge is 2.51. The van der Waals surface area contributed by atoms with Crippen molar-refractivity contribution in [3.05, 3.63) is 85.0 Å². The topological polar surface area (TPSA) is 29.5 Å². The smallest absolute Gasteiger partial charge is 0.262 e. The summed E-state index contributed by atoms with van der Waals surface area (Å²) >= 11 is 0. The van der Waals surface area contributed by atoms with E-state index in [1.807, 2.05) is 30.4 Å². The molecule has 0 radical (unpaired) electrons. The molecule has 2 nitrogen and oxygen atoms in total. The molecule has 0 aliphatic heterocycles. The van der Waals surface area contributed by atoms with Gasteiger partial charge in [-0.1, -0.05) is 112 Å². The highest BCUT2D eigenvalue weighted by Crippen LogP contribution is 2.37. The molecular formula is C25H30O2Si. The van der Waals surface area contributed by atoms with Gasteiger partial charge in [0.2, 0.25) is 0 Å². The van der Waals surface area contributed by atoms with E-state index in [1.165, 1.54) is 10.4 Å². The van der Waals surface area contributed by atoms with Gasteiger partial charge in [-0.15, -0.1) is 6.42 Å². The predicted octanol–water partition coefficient (Wildman–Crippen LogP) is 4.06. The fourth-order valence-electron chi connectivity index (χ4n) is 3.47. The molecule has 1 atom stereocenters. The Kier molecular flexibility index (Phi) is 8.01. The van der Waals surface area contributed by atoms with E-state index in [0.29, 0.717) is 6.42 Å². The number of hydrogen-bond donors (Lipinski definition) is 1. The van der Waals surface area contributed by atoms with Crippen LogP contribution in [0.1, 0.15) is 27.2 Å². The van der Waals surface area contributed by atoms with E-state index < -0.39 is 8.32 Å².